The van der Waals surface area contributed by atoms with Gasteiger partial charge in [-0.1, -0.05) is 6.07 Å². The van der Waals surface area contributed by atoms with Crippen molar-refractivity contribution in [3.8, 4) is 0 Å². The van der Waals surface area contributed by atoms with E-state index in [0.29, 0.717) is 11.3 Å². The largest absolute Gasteiger partial charge is 0.399 e. The van der Waals surface area contributed by atoms with Crippen molar-refractivity contribution >= 4 is 17.3 Å². The highest BCUT2D eigenvalue weighted by atomic mass is 16.2. The van der Waals surface area contributed by atoms with E-state index in [2.05, 4.69) is 12.1 Å². The number of nitrogens with two attached hydrogens (primary N) is 1. The van der Waals surface area contributed by atoms with Crippen molar-refractivity contribution in [2.24, 2.45) is 0 Å². The summed E-state index contributed by atoms with van der Waals surface area (Å²) in [4.78, 5) is 14.1. The zero-order chi connectivity index (χ0) is 14.1. The number of hydrogen-bond acceptors (Lipinski definition) is 2. The molecule has 0 saturated carbocycles. The van der Waals surface area contributed by atoms with Crippen LogP contribution in [-0.4, -0.2) is 13.0 Å². The molecule has 0 unspecified atom stereocenters. The van der Waals surface area contributed by atoms with Gasteiger partial charge in [-0.15, -0.1) is 0 Å². The van der Waals surface area contributed by atoms with Crippen LogP contribution < -0.4 is 10.6 Å². The Bertz CT molecular complexity index is 647. The number of carbonyl (C=O) groups is 1. The maximum absolute atomic E-state index is 12.4. The molecule has 0 heterocycles. The summed E-state index contributed by atoms with van der Waals surface area (Å²) in [5, 5.41) is 0. The number of amides is 1. The Morgan fingerprint density at radius 2 is 1.75 bits per heavy atom. The molecule has 2 aromatic carbocycles. The van der Waals surface area contributed by atoms with Crippen molar-refractivity contribution in [3.05, 3.63) is 59.2 Å². The van der Waals surface area contributed by atoms with Crippen LogP contribution in [0.15, 0.2) is 42.5 Å². The lowest BCUT2D eigenvalue weighted by Gasteiger charge is -2.18. The number of aryl methyl sites for hydroxylation is 2. The van der Waals surface area contributed by atoms with Gasteiger partial charge in [-0.3, -0.25) is 4.79 Å². The van der Waals surface area contributed by atoms with Crippen molar-refractivity contribution in [2.45, 2.75) is 19.3 Å². The van der Waals surface area contributed by atoms with Crippen LogP contribution in [0.25, 0.3) is 0 Å². The van der Waals surface area contributed by atoms with Gasteiger partial charge in [0.1, 0.15) is 0 Å². The highest BCUT2D eigenvalue weighted by Crippen LogP contribution is 2.27. The van der Waals surface area contributed by atoms with Gasteiger partial charge in [0.25, 0.3) is 5.91 Å². The minimum absolute atomic E-state index is 0.0112. The first-order valence-corrected chi connectivity index (χ1v) is 6.90. The van der Waals surface area contributed by atoms with Gasteiger partial charge in [-0.05, 0) is 66.8 Å². The third-order valence-electron chi connectivity index (χ3n) is 3.93. The van der Waals surface area contributed by atoms with E-state index in [1.807, 2.05) is 13.1 Å². The van der Waals surface area contributed by atoms with Crippen LogP contribution in [0.5, 0.6) is 0 Å². The zero-order valence-electron chi connectivity index (χ0n) is 11.6. The van der Waals surface area contributed by atoms with Gasteiger partial charge in [0.05, 0.1) is 0 Å². The van der Waals surface area contributed by atoms with Gasteiger partial charge in [0, 0.05) is 24.0 Å². The van der Waals surface area contributed by atoms with Crippen molar-refractivity contribution in [3.63, 3.8) is 0 Å². The Hall–Kier alpha value is -2.29. The van der Waals surface area contributed by atoms with Crippen LogP contribution >= 0.6 is 0 Å². The lowest BCUT2D eigenvalue weighted by atomic mass is 10.1. The third-order valence-corrected chi connectivity index (χ3v) is 3.93. The molecule has 3 nitrogen and oxygen atoms in total. The molecule has 0 saturated heterocycles. The molecule has 2 aromatic rings. The second kappa shape index (κ2) is 5.00. The first-order chi connectivity index (χ1) is 9.65. The average molecular weight is 266 g/mol. The fraction of sp³-hybridized carbons (Fsp3) is 0.235. The minimum Gasteiger partial charge on any atom is -0.399 e. The molecule has 3 heteroatoms. The molecule has 3 rings (SSSR count). The number of benzene rings is 2. The molecule has 102 valence electrons. The number of fused-ring (bicyclic) bond motifs is 1. The molecule has 0 atom stereocenters. The van der Waals surface area contributed by atoms with E-state index < -0.39 is 0 Å². The average Bonchev–Trinajstić information content (AvgIpc) is 2.94. The summed E-state index contributed by atoms with van der Waals surface area (Å²) in [6, 6.07) is 13.3. The monoisotopic (exact) mass is 266 g/mol. The van der Waals surface area contributed by atoms with Crippen LogP contribution in [0, 0.1) is 0 Å². The van der Waals surface area contributed by atoms with Crippen molar-refractivity contribution in [2.75, 3.05) is 17.7 Å². The van der Waals surface area contributed by atoms with E-state index in [1.165, 1.54) is 17.5 Å². The molecule has 1 amide bonds. The smallest absolute Gasteiger partial charge is 0.258 e. The lowest BCUT2D eigenvalue weighted by molar-refractivity contribution is 0.0993. The van der Waals surface area contributed by atoms with Gasteiger partial charge in [-0.25, -0.2) is 0 Å². The summed E-state index contributed by atoms with van der Waals surface area (Å²) >= 11 is 0. The second-order valence-corrected chi connectivity index (χ2v) is 5.29. The SMILES string of the molecule is CN(C(=O)c1ccc(N)cc1)c1ccc2c(c1)CCC2. The molecule has 0 fully saturated rings. The van der Waals surface area contributed by atoms with Gasteiger partial charge in [0.2, 0.25) is 0 Å². The number of nitrogen functional groups attached to an aromatic ring is 1. The Labute approximate surface area is 119 Å². The van der Waals surface area contributed by atoms with Crippen LogP contribution in [-0.2, 0) is 12.8 Å². The van der Waals surface area contributed by atoms with Gasteiger partial charge < -0.3 is 10.6 Å². The van der Waals surface area contributed by atoms with E-state index in [0.717, 1.165) is 18.5 Å². The van der Waals surface area contributed by atoms with E-state index in [1.54, 1.807) is 29.2 Å². The Balaban J connectivity index is 1.86. The maximum atomic E-state index is 12.4. The van der Waals surface area contributed by atoms with Gasteiger partial charge in [-0.2, -0.15) is 0 Å². The van der Waals surface area contributed by atoms with E-state index in [-0.39, 0.29) is 5.91 Å². The van der Waals surface area contributed by atoms with Gasteiger partial charge in [0.15, 0.2) is 0 Å². The van der Waals surface area contributed by atoms with E-state index >= 15 is 0 Å². The van der Waals surface area contributed by atoms with Crippen molar-refractivity contribution in [1.82, 2.24) is 0 Å². The first-order valence-electron chi connectivity index (χ1n) is 6.90. The standard InChI is InChI=1S/C17H18N2O/c1-19(17(20)13-5-8-15(18)9-6-13)16-10-7-12-3-2-4-14(12)11-16/h5-11H,2-4,18H2,1H3. The number of rotatable bonds is 2. The second-order valence-electron chi connectivity index (χ2n) is 5.29. The molecule has 2 N–H and O–H groups in total. The predicted molar refractivity (Wildman–Crippen MR) is 82.1 cm³/mol. The fourth-order valence-corrected chi connectivity index (χ4v) is 2.70. The minimum atomic E-state index is -0.0112. The maximum Gasteiger partial charge on any atom is 0.258 e. The summed E-state index contributed by atoms with van der Waals surface area (Å²) in [6.45, 7) is 0. The number of hydrogen-bond donors (Lipinski definition) is 1. The quantitative estimate of drug-likeness (QED) is 0.849. The van der Waals surface area contributed by atoms with Crippen LogP contribution in [0.4, 0.5) is 11.4 Å². The molecule has 0 aliphatic heterocycles. The Morgan fingerprint density at radius 3 is 2.50 bits per heavy atom. The normalized spacial score (nSPS) is 13.1. The molecule has 1 aliphatic carbocycles. The summed E-state index contributed by atoms with van der Waals surface area (Å²) in [6.07, 6.45) is 3.49. The zero-order valence-corrected chi connectivity index (χ0v) is 11.6. The first kappa shape index (κ1) is 12.7. The molecule has 1 aliphatic rings. The lowest BCUT2D eigenvalue weighted by Crippen LogP contribution is -2.26. The molecule has 0 aromatic heterocycles. The van der Waals surface area contributed by atoms with E-state index in [4.69, 9.17) is 5.73 Å². The summed E-state index contributed by atoms with van der Waals surface area (Å²) in [5.74, 6) is -0.0112. The highest BCUT2D eigenvalue weighted by molar-refractivity contribution is 6.05. The number of nitrogens with zero attached hydrogens (tertiary/aromatic N) is 1. The predicted octanol–water partition coefficient (Wildman–Crippen LogP) is 3.03. The highest BCUT2D eigenvalue weighted by Gasteiger charge is 2.16. The summed E-state index contributed by atoms with van der Waals surface area (Å²) in [7, 11) is 1.81. The van der Waals surface area contributed by atoms with E-state index in [9.17, 15) is 4.79 Å². The third kappa shape index (κ3) is 2.27. The van der Waals surface area contributed by atoms with Gasteiger partial charge >= 0.3 is 0 Å². The molecular weight excluding hydrogens is 248 g/mol. The van der Waals surface area contributed by atoms with Crippen LogP contribution in [0.3, 0.4) is 0 Å². The Morgan fingerprint density at radius 1 is 1.05 bits per heavy atom. The summed E-state index contributed by atoms with van der Waals surface area (Å²) < 4.78 is 0. The van der Waals surface area contributed by atoms with Crippen LogP contribution in [0.2, 0.25) is 0 Å². The number of carbonyl (C=O) groups excluding carboxylic acids is 1. The number of anilines is 2. The topological polar surface area (TPSA) is 46.3 Å². The molecule has 0 spiro atoms. The van der Waals surface area contributed by atoms with Crippen molar-refractivity contribution < 1.29 is 4.79 Å². The summed E-state index contributed by atoms with van der Waals surface area (Å²) in [5.41, 5.74) is 10.7. The molecule has 20 heavy (non-hydrogen) atoms. The Kier molecular flexibility index (Phi) is 3.18. The molecular formula is C17H18N2O. The van der Waals surface area contributed by atoms with Crippen molar-refractivity contribution in [1.29, 1.82) is 0 Å². The molecule has 0 radical (unpaired) electrons. The van der Waals surface area contributed by atoms with Crippen LogP contribution in [0.1, 0.15) is 27.9 Å². The fourth-order valence-electron chi connectivity index (χ4n) is 2.70. The molecule has 0 bridgehead atoms.